The van der Waals surface area contributed by atoms with Gasteiger partial charge in [-0.05, 0) is 86.9 Å². The molecule has 0 bridgehead atoms. The van der Waals surface area contributed by atoms with E-state index in [0.29, 0.717) is 17.9 Å². The van der Waals surface area contributed by atoms with Gasteiger partial charge in [-0.15, -0.1) is 0 Å². The SMILES string of the molecule is C[C@]12CCCCC1CC[C@@H]1[C@H]2CC[C@@]2(C)[C@H]1CCC2(O)N1CCC(O)C1. The number of rotatable bonds is 1. The minimum atomic E-state index is -0.676. The standard InChI is InChI=1S/C23H39NO2/c1-21-11-4-3-5-16(21)6-7-18-19(21)8-12-22(2)20(18)9-13-23(22,26)24-14-10-17(25)15-24/h16-20,25-26H,3-15H2,1-2H3/t16?,17?,18-,19-,20+,21+,22+,23?/m1/s1. The second kappa shape index (κ2) is 5.94. The molecule has 5 rings (SSSR count). The smallest absolute Gasteiger partial charge is 0.124 e. The van der Waals surface area contributed by atoms with Gasteiger partial charge in [0.1, 0.15) is 5.72 Å². The van der Waals surface area contributed by atoms with Crippen molar-refractivity contribution < 1.29 is 10.2 Å². The van der Waals surface area contributed by atoms with Crippen LogP contribution in [0, 0.1) is 34.5 Å². The second-order valence-corrected chi connectivity index (χ2v) is 11.1. The number of aliphatic hydroxyl groups is 2. The number of aliphatic hydroxyl groups excluding tert-OH is 1. The fraction of sp³-hybridized carbons (Fsp3) is 1.00. The summed E-state index contributed by atoms with van der Waals surface area (Å²) >= 11 is 0. The van der Waals surface area contributed by atoms with Gasteiger partial charge in [-0.3, -0.25) is 4.90 Å². The predicted molar refractivity (Wildman–Crippen MR) is 103 cm³/mol. The minimum Gasteiger partial charge on any atom is -0.392 e. The lowest BCUT2D eigenvalue weighted by molar-refractivity contribution is -0.210. The maximum Gasteiger partial charge on any atom is 0.124 e. The Hall–Kier alpha value is -0.120. The monoisotopic (exact) mass is 361 g/mol. The Morgan fingerprint density at radius 3 is 2.42 bits per heavy atom. The van der Waals surface area contributed by atoms with Gasteiger partial charge in [0.05, 0.1) is 6.10 Å². The normalized spacial score (nSPS) is 57.5. The van der Waals surface area contributed by atoms with Crippen molar-refractivity contribution in [3.8, 4) is 0 Å². The van der Waals surface area contributed by atoms with Gasteiger partial charge >= 0.3 is 0 Å². The van der Waals surface area contributed by atoms with E-state index in [1.165, 1.54) is 57.8 Å². The van der Waals surface area contributed by atoms with E-state index in [0.717, 1.165) is 37.1 Å². The van der Waals surface area contributed by atoms with E-state index in [9.17, 15) is 10.2 Å². The molecular formula is C23H39NO2. The lowest BCUT2D eigenvalue weighted by atomic mass is 9.45. The fourth-order valence-electron chi connectivity index (χ4n) is 8.88. The van der Waals surface area contributed by atoms with Crippen LogP contribution in [-0.2, 0) is 0 Å². The Morgan fingerprint density at radius 1 is 0.846 bits per heavy atom. The molecule has 3 nitrogen and oxygen atoms in total. The summed E-state index contributed by atoms with van der Waals surface area (Å²) in [4.78, 5) is 2.26. The molecule has 0 amide bonds. The highest BCUT2D eigenvalue weighted by Crippen LogP contribution is 2.68. The fourth-order valence-corrected chi connectivity index (χ4v) is 8.88. The van der Waals surface area contributed by atoms with Gasteiger partial charge in [0, 0.05) is 18.5 Å². The zero-order chi connectivity index (χ0) is 18.2. The molecular weight excluding hydrogens is 322 g/mol. The van der Waals surface area contributed by atoms with Crippen LogP contribution in [0.4, 0.5) is 0 Å². The Balaban J connectivity index is 1.43. The van der Waals surface area contributed by atoms with Crippen LogP contribution >= 0.6 is 0 Å². The molecule has 3 heteroatoms. The molecule has 8 atom stereocenters. The molecule has 3 unspecified atom stereocenters. The van der Waals surface area contributed by atoms with Crippen LogP contribution in [0.15, 0.2) is 0 Å². The number of fused-ring (bicyclic) bond motifs is 5. The van der Waals surface area contributed by atoms with Gasteiger partial charge in [0.25, 0.3) is 0 Å². The lowest BCUT2D eigenvalue weighted by Crippen LogP contribution is -2.61. The zero-order valence-corrected chi connectivity index (χ0v) is 16.9. The largest absolute Gasteiger partial charge is 0.392 e. The van der Waals surface area contributed by atoms with Crippen LogP contribution in [0.2, 0.25) is 0 Å². The first-order valence-electron chi connectivity index (χ1n) is 11.5. The van der Waals surface area contributed by atoms with E-state index < -0.39 is 5.72 Å². The van der Waals surface area contributed by atoms with Crippen molar-refractivity contribution in [1.82, 2.24) is 4.90 Å². The highest BCUT2D eigenvalue weighted by atomic mass is 16.3. The molecule has 4 aliphatic carbocycles. The molecule has 148 valence electrons. The van der Waals surface area contributed by atoms with Crippen LogP contribution < -0.4 is 0 Å². The van der Waals surface area contributed by atoms with E-state index in [4.69, 9.17) is 0 Å². The third-order valence-corrected chi connectivity index (χ3v) is 10.4. The number of β-amino-alcohol motifs (C(OH)–C–C–N with tert-alkyl or cyclic N) is 1. The Labute approximate surface area is 159 Å². The van der Waals surface area contributed by atoms with Crippen molar-refractivity contribution in [3.05, 3.63) is 0 Å². The van der Waals surface area contributed by atoms with Gasteiger partial charge in [-0.25, -0.2) is 0 Å². The van der Waals surface area contributed by atoms with Crippen molar-refractivity contribution in [2.45, 2.75) is 96.3 Å². The van der Waals surface area contributed by atoms with Crippen LogP contribution in [0.5, 0.6) is 0 Å². The first-order chi connectivity index (χ1) is 12.4. The van der Waals surface area contributed by atoms with Gasteiger partial charge in [0.15, 0.2) is 0 Å². The third-order valence-electron chi connectivity index (χ3n) is 10.4. The highest BCUT2D eigenvalue weighted by molar-refractivity contribution is 5.14. The van der Waals surface area contributed by atoms with Crippen LogP contribution in [-0.4, -0.2) is 40.0 Å². The summed E-state index contributed by atoms with van der Waals surface area (Å²) in [6.45, 7) is 6.58. The summed E-state index contributed by atoms with van der Waals surface area (Å²) in [5, 5.41) is 21.9. The van der Waals surface area contributed by atoms with Crippen LogP contribution in [0.1, 0.15) is 84.5 Å². The zero-order valence-electron chi connectivity index (χ0n) is 16.9. The van der Waals surface area contributed by atoms with Gasteiger partial charge in [0.2, 0.25) is 0 Å². The van der Waals surface area contributed by atoms with Crippen molar-refractivity contribution >= 4 is 0 Å². The van der Waals surface area contributed by atoms with E-state index in [1.807, 2.05) is 0 Å². The summed E-state index contributed by atoms with van der Waals surface area (Å²) in [7, 11) is 0. The average Bonchev–Trinajstić information content (AvgIpc) is 3.17. The summed E-state index contributed by atoms with van der Waals surface area (Å²) in [5.41, 5.74) is -0.0758. The number of hydrogen-bond donors (Lipinski definition) is 2. The molecule has 1 aliphatic heterocycles. The van der Waals surface area contributed by atoms with Crippen LogP contribution in [0.25, 0.3) is 0 Å². The molecule has 0 aromatic heterocycles. The Morgan fingerprint density at radius 2 is 1.65 bits per heavy atom. The Bertz CT molecular complexity index is 566. The molecule has 4 saturated carbocycles. The van der Waals surface area contributed by atoms with Gasteiger partial charge in [-0.2, -0.15) is 0 Å². The highest BCUT2D eigenvalue weighted by Gasteiger charge is 2.66. The first kappa shape index (κ1) is 17.9. The molecule has 5 fully saturated rings. The van der Waals surface area contributed by atoms with Crippen molar-refractivity contribution in [2.75, 3.05) is 13.1 Å². The molecule has 26 heavy (non-hydrogen) atoms. The second-order valence-electron chi connectivity index (χ2n) is 11.1. The number of nitrogens with zero attached hydrogens (tertiary/aromatic N) is 1. The maximum atomic E-state index is 11.9. The van der Waals surface area contributed by atoms with E-state index >= 15 is 0 Å². The summed E-state index contributed by atoms with van der Waals surface area (Å²) in [5.74, 6) is 3.38. The first-order valence-corrected chi connectivity index (χ1v) is 11.5. The van der Waals surface area contributed by atoms with Crippen molar-refractivity contribution in [3.63, 3.8) is 0 Å². The predicted octanol–water partition coefficient (Wildman–Crippen LogP) is 4.17. The Kier molecular flexibility index (Phi) is 4.10. The number of likely N-dealkylation sites (tertiary alicyclic amines) is 1. The van der Waals surface area contributed by atoms with Crippen LogP contribution in [0.3, 0.4) is 0 Å². The van der Waals surface area contributed by atoms with Gasteiger partial charge in [-0.1, -0.05) is 26.7 Å². The van der Waals surface area contributed by atoms with Crippen molar-refractivity contribution in [1.29, 1.82) is 0 Å². The molecule has 0 radical (unpaired) electrons. The van der Waals surface area contributed by atoms with E-state index in [2.05, 4.69) is 18.7 Å². The molecule has 0 aromatic rings. The molecule has 5 aliphatic rings. The quantitative estimate of drug-likeness (QED) is 0.736. The molecule has 2 N–H and O–H groups in total. The van der Waals surface area contributed by atoms with Gasteiger partial charge < -0.3 is 10.2 Å². The minimum absolute atomic E-state index is 0.0239. The average molecular weight is 362 g/mol. The molecule has 0 spiro atoms. The topological polar surface area (TPSA) is 43.7 Å². The molecule has 1 heterocycles. The van der Waals surface area contributed by atoms with E-state index in [-0.39, 0.29) is 11.5 Å². The maximum absolute atomic E-state index is 11.9. The third kappa shape index (κ3) is 2.23. The summed E-state index contributed by atoms with van der Waals surface area (Å²) in [6, 6.07) is 0. The summed E-state index contributed by atoms with van der Waals surface area (Å²) < 4.78 is 0. The summed E-state index contributed by atoms with van der Waals surface area (Å²) in [6.07, 6.45) is 13.9. The molecule has 1 saturated heterocycles. The van der Waals surface area contributed by atoms with Crippen molar-refractivity contribution in [2.24, 2.45) is 34.5 Å². The lowest BCUT2D eigenvalue weighted by Gasteiger charge is -2.62. The molecule has 0 aromatic carbocycles. The number of hydrogen-bond acceptors (Lipinski definition) is 3. The van der Waals surface area contributed by atoms with E-state index in [1.54, 1.807) is 0 Å².